The molecule has 0 fully saturated rings. The number of hydrogen-bond acceptors (Lipinski definition) is 4. The minimum Gasteiger partial charge on any atom is -0.480 e. The Hall–Kier alpha value is -0.650. The molecule has 0 aliphatic rings. The highest BCUT2D eigenvalue weighted by Gasteiger charge is 2.12. The lowest BCUT2D eigenvalue weighted by molar-refractivity contribution is -0.138. The Morgan fingerprint density at radius 2 is 2.21 bits per heavy atom. The second-order valence-electron chi connectivity index (χ2n) is 3.16. The summed E-state index contributed by atoms with van der Waals surface area (Å²) in [5, 5.41) is 8.58. The van der Waals surface area contributed by atoms with Crippen molar-refractivity contribution in [3.8, 4) is 0 Å². The monoisotopic (exact) mass is 204 g/mol. The molecule has 0 aromatic rings. The fourth-order valence-electron chi connectivity index (χ4n) is 1.09. The molecule has 0 radical (unpaired) electrons. The Morgan fingerprint density at radius 1 is 1.57 bits per heavy atom. The number of methoxy groups -OCH3 is 1. The molecule has 0 aromatic heterocycles. The number of rotatable bonds is 8. The molecular weight excluding hydrogens is 184 g/mol. The number of hydrogen-bond donors (Lipinski definition) is 2. The molecule has 1 unspecified atom stereocenters. The van der Waals surface area contributed by atoms with Crippen LogP contribution in [-0.4, -0.2) is 55.4 Å². The zero-order valence-corrected chi connectivity index (χ0v) is 8.90. The van der Waals surface area contributed by atoms with Gasteiger partial charge in [-0.3, -0.25) is 4.79 Å². The van der Waals surface area contributed by atoms with Crippen LogP contribution in [0.25, 0.3) is 0 Å². The molecule has 0 aliphatic heterocycles. The summed E-state index contributed by atoms with van der Waals surface area (Å²) in [6.45, 7) is 5.10. The lowest BCUT2D eigenvalue weighted by Gasteiger charge is -2.20. The molecule has 0 amide bonds. The summed E-state index contributed by atoms with van der Waals surface area (Å²) in [7, 11) is 1.65. The van der Waals surface area contributed by atoms with Gasteiger partial charge < -0.3 is 20.5 Å². The van der Waals surface area contributed by atoms with Gasteiger partial charge in [-0.2, -0.15) is 0 Å². The number of carbonyl (C=O) groups is 1. The van der Waals surface area contributed by atoms with Crippen LogP contribution >= 0.6 is 0 Å². The second-order valence-corrected chi connectivity index (χ2v) is 3.16. The van der Waals surface area contributed by atoms with Crippen molar-refractivity contribution in [2.24, 2.45) is 5.73 Å². The van der Waals surface area contributed by atoms with E-state index in [-0.39, 0.29) is 0 Å². The van der Waals surface area contributed by atoms with Crippen LogP contribution in [0, 0.1) is 0 Å². The highest BCUT2D eigenvalue weighted by molar-refractivity contribution is 5.72. The standard InChI is InChI=1S/C9H20N2O3/c1-3-11(6-7-14-2)5-4-8(10)9(12)13/h8H,3-7,10H2,1-2H3,(H,12,13). The molecule has 5 nitrogen and oxygen atoms in total. The van der Waals surface area contributed by atoms with Crippen LogP contribution < -0.4 is 5.73 Å². The zero-order chi connectivity index (χ0) is 11.0. The Kier molecular flexibility index (Phi) is 7.37. The maximum absolute atomic E-state index is 10.4. The first-order chi connectivity index (χ1) is 6.61. The predicted molar refractivity (Wildman–Crippen MR) is 54.2 cm³/mol. The summed E-state index contributed by atoms with van der Waals surface area (Å²) in [5.41, 5.74) is 5.39. The molecule has 0 aromatic carbocycles. The average molecular weight is 204 g/mol. The van der Waals surface area contributed by atoms with Crippen LogP contribution in [0.1, 0.15) is 13.3 Å². The number of ether oxygens (including phenoxy) is 1. The number of carboxylic acid groups (broad SMARTS) is 1. The van der Waals surface area contributed by atoms with Crippen LogP contribution in [0.15, 0.2) is 0 Å². The Balaban J connectivity index is 3.66. The van der Waals surface area contributed by atoms with E-state index in [4.69, 9.17) is 15.6 Å². The number of nitrogens with two attached hydrogens (primary N) is 1. The largest absolute Gasteiger partial charge is 0.480 e. The van der Waals surface area contributed by atoms with Gasteiger partial charge in [0.1, 0.15) is 6.04 Å². The topological polar surface area (TPSA) is 75.8 Å². The summed E-state index contributed by atoms with van der Waals surface area (Å²) in [5.74, 6) is -0.937. The summed E-state index contributed by atoms with van der Waals surface area (Å²) in [6, 6.07) is -0.758. The van der Waals surface area contributed by atoms with Crippen LogP contribution in [0.4, 0.5) is 0 Å². The van der Waals surface area contributed by atoms with Crippen molar-refractivity contribution in [1.29, 1.82) is 0 Å². The van der Waals surface area contributed by atoms with E-state index in [1.54, 1.807) is 7.11 Å². The minimum atomic E-state index is -0.937. The van der Waals surface area contributed by atoms with Gasteiger partial charge in [-0.05, 0) is 13.0 Å². The van der Waals surface area contributed by atoms with Crippen LogP contribution in [0.3, 0.4) is 0 Å². The molecule has 0 aliphatic carbocycles. The molecule has 84 valence electrons. The molecule has 0 rings (SSSR count). The summed E-state index contributed by atoms with van der Waals surface area (Å²) >= 11 is 0. The summed E-state index contributed by atoms with van der Waals surface area (Å²) < 4.78 is 4.94. The van der Waals surface area contributed by atoms with Gasteiger partial charge in [-0.25, -0.2) is 0 Å². The number of likely N-dealkylation sites (N-methyl/N-ethyl adjacent to an activating group) is 1. The van der Waals surface area contributed by atoms with Crippen molar-refractivity contribution < 1.29 is 14.6 Å². The molecule has 5 heteroatoms. The van der Waals surface area contributed by atoms with Crippen molar-refractivity contribution in [1.82, 2.24) is 4.90 Å². The average Bonchev–Trinajstić information content (AvgIpc) is 2.17. The van der Waals surface area contributed by atoms with Gasteiger partial charge in [0.25, 0.3) is 0 Å². The summed E-state index contributed by atoms with van der Waals surface area (Å²) in [4.78, 5) is 12.6. The number of aliphatic carboxylic acids is 1. The van der Waals surface area contributed by atoms with Crippen LogP contribution in [0.5, 0.6) is 0 Å². The molecular formula is C9H20N2O3. The smallest absolute Gasteiger partial charge is 0.320 e. The Bertz CT molecular complexity index is 164. The van der Waals surface area contributed by atoms with E-state index < -0.39 is 12.0 Å². The van der Waals surface area contributed by atoms with E-state index in [0.717, 1.165) is 13.1 Å². The van der Waals surface area contributed by atoms with E-state index >= 15 is 0 Å². The zero-order valence-electron chi connectivity index (χ0n) is 8.90. The molecule has 0 bridgehead atoms. The van der Waals surface area contributed by atoms with E-state index in [9.17, 15) is 4.79 Å². The molecule has 14 heavy (non-hydrogen) atoms. The van der Waals surface area contributed by atoms with Crippen molar-refractivity contribution in [2.45, 2.75) is 19.4 Å². The van der Waals surface area contributed by atoms with Gasteiger partial charge in [0.05, 0.1) is 6.61 Å². The Labute approximate surface area is 84.8 Å². The van der Waals surface area contributed by atoms with Gasteiger partial charge in [-0.15, -0.1) is 0 Å². The van der Waals surface area contributed by atoms with Gasteiger partial charge in [0.15, 0.2) is 0 Å². The van der Waals surface area contributed by atoms with E-state index in [2.05, 4.69) is 4.90 Å². The maximum atomic E-state index is 10.4. The highest BCUT2D eigenvalue weighted by Crippen LogP contribution is 1.95. The lowest BCUT2D eigenvalue weighted by atomic mass is 10.2. The van der Waals surface area contributed by atoms with Gasteiger partial charge in [0.2, 0.25) is 0 Å². The van der Waals surface area contributed by atoms with Gasteiger partial charge in [-0.1, -0.05) is 6.92 Å². The Morgan fingerprint density at radius 3 is 2.64 bits per heavy atom. The van der Waals surface area contributed by atoms with Crippen molar-refractivity contribution >= 4 is 5.97 Å². The second kappa shape index (κ2) is 7.73. The van der Waals surface area contributed by atoms with Crippen molar-refractivity contribution in [3.63, 3.8) is 0 Å². The summed E-state index contributed by atoms with van der Waals surface area (Å²) in [6.07, 6.45) is 0.479. The molecule has 0 saturated heterocycles. The maximum Gasteiger partial charge on any atom is 0.320 e. The third kappa shape index (κ3) is 5.90. The van der Waals surface area contributed by atoms with Crippen LogP contribution in [-0.2, 0) is 9.53 Å². The molecule has 1 atom stereocenters. The fourth-order valence-corrected chi connectivity index (χ4v) is 1.09. The first kappa shape index (κ1) is 13.4. The quantitative estimate of drug-likeness (QED) is 0.570. The van der Waals surface area contributed by atoms with E-state index in [0.29, 0.717) is 19.6 Å². The van der Waals surface area contributed by atoms with E-state index in [1.165, 1.54) is 0 Å². The SMILES string of the molecule is CCN(CCOC)CCC(N)C(=O)O. The molecule has 0 heterocycles. The van der Waals surface area contributed by atoms with E-state index in [1.807, 2.05) is 6.92 Å². The van der Waals surface area contributed by atoms with Gasteiger partial charge >= 0.3 is 5.97 Å². The lowest BCUT2D eigenvalue weighted by Crippen LogP contribution is -2.36. The predicted octanol–water partition coefficient (Wildman–Crippen LogP) is -0.243. The number of nitrogens with zero attached hydrogens (tertiary/aromatic N) is 1. The third-order valence-electron chi connectivity index (χ3n) is 2.13. The first-order valence-corrected chi connectivity index (χ1v) is 4.81. The van der Waals surface area contributed by atoms with Crippen molar-refractivity contribution in [2.75, 3.05) is 33.4 Å². The molecule has 3 N–H and O–H groups in total. The van der Waals surface area contributed by atoms with Crippen LogP contribution in [0.2, 0.25) is 0 Å². The number of carboxylic acids is 1. The molecule has 0 spiro atoms. The normalized spacial score (nSPS) is 13.1. The van der Waals surface area contributed by atoms with Crippen molar-refractivity contribution in [3.05, 3.63) is 0 Å². The first-order valence-electron chi connectivity index (χ1n) is 4.81. The van der Waals surface area contributed by atoms with Gasteiger partial charge in [0, 0.05) is 20.2 Å². The molecule has 0 saturated carbocycles. The highest BCUT2D eigenvalue weighted by atomic mass is 16.5. The minimum absolute atomic E-state index is 0.479. The third-order valence-corrected chi connectivity index (χ3v) is 2.13. The fraction of sp³-hybridized carbons (Fsp3) is 0.889.